The Morgan fingerprint density at radius 3 is 2.18 bits per heavy atom. The summed E-state index contributed by atoms with van der Waals surface area (Å²) < 4.78 is 7.22. The van der Waals surface area contributed by atoms with Crippen LogP contribution >= 0.6 is 15.9 Å². The summed E-state index contributed by atoms with van der Waals surface area (Å²) in [6.45, 7) is 0.308. The summed E-state index contributed by atoms with van der Waals surface area (Å²) in [5.41, 5.74) is 3.44. The zero-order chi connectivity index (χ0) is 30.7. The van der Waals surface area contributed by atoms with Crippen molar-refractivity contribution in [2.75, 3.05) is 4.90 Å². The van der Waals surface area contributed by atoms with E-state index in [1.54, 1.807) is 6.08 Å². The van der Waals surface area contributed by atoms with Gasteiger partial charge in [0.25, 0.3) is 11.8 Å². The Morgan fingerprint density at radius 1 is 0.822 bits per heavy atom. The number of carbonyl (C=O) groups excluding carboxylic acids is 3. The molecular formula is C38H33BrN2O4. The molecule has 9 rings (SSSR count). The lowest BCUT2D eigenvalue weighted by molar-refractivity contribution is -0.122. The number of benzene rings is 4. The summed E-state index contributed by atoms with van der Waals surface area (Å²) in [7, 11) is 0. The number of halogens is 1. The average molecular weight is 662 g/mol. The van der Waals surface area contributed by atoms with E-state index in [0.29, 0.717) is 23.6 Å². The highest BCUT2D eigenvalue weighted by atomic mass is 79.9. The highest BCUT2D eigenvalue weighted by molar-refractivity contribution is 9.10. The smallest absolute Gasteiger partial charge is 0.335 e. The molecule has 4 aliphatic carbocycles. The maximum absolute atomic E-state index is 13.9. The molecule has 5 aliphatic rings. The lowest BCUT2D eigenvalue weighted by atomic mass is 9.48. The molecule has 0 spiro atoms. The topological polar surface area (TPSA) is 75.7 Å². The van der Waals surface area contributed by atoms with Gasteiger partial charge in [-0.3, -0.25) is 14.9 Å². The summed E-state index contributed by atoms with van der Waals surface area (Å²) in [5, 5.41) is 4.17. The Kier molecular flexibility index (Phi) is 6.90. The fourth-order valence-corrected chi connectivity index (χ4v) is 9.02. The van der Waals surface area contributed by atoms with Gasteiger partial charge in [0.2, 0.25) is 0 Å². The summed E-state index contributed by atoms with van der Waals surface area (Å²) in [4.78, 5) is 41.3. The van der Waals surface area contributed by atoms with Gasteiger partial charge in [0.1, 0.15) is 17.9 Å². The number of fused-ring (bicyclic) bond motifs is 1. The monoisotopic (exact) mass is 660 g/mol. The molecule has 1 saturated heterocycles. The number of nitrogens with one attached hydrogen (secondary N) is 1. The van der Waals surface area contributed by atoms with E-state index in [1.807, 2.05) is 72.8 Å². The highest BCUT2D eigenvalue weighted by Crippen LogP contribution is 2.60. The van der Waals surface area contributed by atoms with Crippen LogP contribution in [0.5, 0.6) is 5.75 Å². The first kappa shape index (κ1) is 28.3. The number of imide groups is 2. The van der Waals surface area contributed by atoms with Gasteiger partial charge in [-0.2, -0.15) is 0 Å². The third-order valence-corrected chi connectivity index (χ3v) is 10.9. The first-order chi connectivity index (χ1) is 21.8. The minimum atomic E-state index is -0.741. The first-order valence-corrected chi connectivity index (χ1v) is 16.6. The largest absolute Gasteiger partial charge is 0.488 e. The minimum Gasteiger partial charge on any atom is -0.488 e. The van der Waals surface area contributed by atoms with Crippen LogP contribution in [0.2, 0.25) is 0 Å². The zero-order valence-corrected chi connectivity index (χ0v) is 26.4. The van der Waals surface area contributed by atoms with Crippen LogP contribution in [-0.4, -0.2) is 17.8 Å². The van der Waals surface area contributed by atoms with Crippen LogP contribution in [0.4, 0.5) is 10.5 Å². The molecular weight excluding hydrogens is 628 g/mol. The van der Waals surface area contributed by atoms with Crippen LogP contribution in [0.25, 0.3) is 16.8 Å². The number of hydrogen-bond acceptors (Lipinski definition) is 4. The van der Waals surface area contributed by atoms with Crippen molar-refractivity contribution in [2.24, 2.45) is 17.8 Å². The minimum absolute atomic E-state index is 0.121. The molecule has 1 heterocycles. The average Bonchev–Trinajstić information content (AvgIpc) is 3.02. The molecule has 7 heteroatoms. The standard InChI is InChI=1S/C38H33BrN2O4/c39-29-10-5-23(6-11-29)22-45-34-14-7-27-3-1-2-4-31(27)32(34)18-33-35(42)40-37(44)41(36(33)43)30-12-8-28(9-13-30)38-19-24-15-25(20-38)17-26(16-24)21-38/h1-14,18,24-26H,15-17,19-22H2,(H,40,42,44)/b33-18+. The van der Waals surface area contributed by atoms with E-state index < -0.39 is 17.8 Å². The van der Waals surface area contributed by atoms with Crippen molar-refractivity contribution in [1.29, 1.82) is 0 Å². The van der Waals surface area contributed by atoms with Gasteiger partial charge in [0, 0.05) is 10.0 Å². The molecule has 226 valence electrons. The van der Waals surface area contributed by atoms with Crippen molar-refractivity contribution in [1.82, 2.24) is 5.32 Å². The van der Waals surface area contributed by atoms with Gasteiger partial charge in [-0.1, -0.05) is 70.5 Å². The number of rotatable bonds is 6. The van der Waals surface area contributed by atoms with E-state index in [9.17, 15) is 14.4 Å². The molecule has 1 aliphatic heterocycles. The fraction of sp³-hybridized carbons (Fsp3) is 0.289. The van der Waals surface area contributed by atoms with E-state index in [1.165, 1.54) is 44.1 Å². The molecule has 45 heavy (non-hydrogen) atoms. The highest BCUT2D eigenvalue weighted by Gasteiger charge is 2.51. The van der Waals surface area contributed by atoms with E-state index in [-0.39, 0.29) is 11.0 Å². The molecule has 4 aromatic carbocycles. The number of ether oxygens (including phenoxy) is 1. The van der Waals surface area contributed by atoms with Crippen LogP contribution in [-0.2, 0) is 21.6 Å². The molecule has 5 fully saturated rings. The number of nitrogens with zero attached hydrogens (tertiary/aromatic N) is 1. The molecule has 0 unspecified atom stereocenters. The number of anilines is 1. The second-order valence-corrected chi connectivity index (χ2v) is 14.2. The van der Waals surface area contributed by atoms with Crippen molar-refractivity contribution in [3.8, 4) is 5.75 Å². The van der Waals surface area contributed by atoms with Crippen LogP contribution < -0.4 is 15.0 Å². The Balaban J connectivity index is 1.12. The number of urea groups is 1. The summed E-state index contributed by atoms with van der Waals surface area (Å²) in [6.07, 6.45) is 9.38. The molecule has 4 amide bonds. The van der Waals surface area contributed by atoms with Crippen molar-refractivity contribution in [2.45, 2.75) is 50.5 Å². The van der Waals surface area contributed by atoms with Crippen LogP contribution in [0.3, 0.4) is 0 Å². The van der Waals surface area contributed by atoms with Gasteiger partial charge >= 0.3 is 6.03 Å². The molecule has 1 N–H and O–H groups in total. The molecule has 0 radical (unpaired) electrons. The number of hydrogen-bond donors (Lipinski definition) is 1. The van der Waals surface area contributed by atoms with E-state index >= 15 is 0 Å². The van der Waals surface area contributed by atoms with Crippen molar-refractivity contribution in [3.05, 3.63) is 112 Å². The third-order valence-electron chi connectivity index (χ3n) is 10.4. The zero-order valence-electron chi connectivity index (χ0n) is 24.8. The SMILES string of the molecule is O=C1NC(=O)N(c2ccc(C34CC5CC(CC(C5)C3)C4)cc2)C(=O)/C1=C/c1c(OCc2ccc(Br)cc2)ccc2ccccc12. The maximum Gasteiger partial charge on any atom is 0.335 e. The lowest BCUT2D eigenvalue weighted by Crippen LogP contribution is -2.54. The number of amides is 4. The van der Waals surface area contributed by atoms with Crippen molar-refractivity contribution < 1.29 is 19.1 Å². The predicted octanol–water partition coefficient (Wildman–Crippen LogP) is 8.32. The molecule has 4 aromatic rings. The summed E-state index contributed by atoms with van der Waals surface area (Å²) in [5.74, 6) is 1.62. The predicted molar refractivity (Wildman–Crippen MR) is 178 cm³/mol. The van der Waals surface area contributed by atoms with Gasteiger partial charge in [-0.15, -0.1) is 0 Å². The van der Waals surface area contributed by atoms with E-state index in [2.05, 4.69) is 33.4 Å². The second-order valence-electron chi connectivity index (χ2n) is 13.3. The Morgan fingerprint density at radius 2 is 1.49 bits per heavy atom. The van der Waals surface area contributed by atoms with Crippen LogP contribution in [0, 0.1) is 17.8 Å². The molecule has 4 saturated carbocycles. The van der Waals surface area contributed by atoms with E-state index in [0.717, 1.165) is 43.5 Å². The van der Waals surface area contributed by atoms with Gasteiger partial charge in [0.15, 0.2) is 0 Å². The molecule has 4 bridgehead atoms. The Hall–Kier alpha value is -4.23. The third kappa shape index (κ3) is 5.07. The second kappa shape index (κ2) is 11.0. The molecule has 0 atom stereocenters. The molecule has 0 aromatic heterocycles. The van der Waals surface area contributed by atoms with Crippen molar-refractivity contribution in [3.63, 3.8) is 0 Å². The normalized spacial score (nSPS) is 26.5. The summed E-state index contributed by atoms with van der Waals surface area (Å²) in [6, 6.07) is 26.6. The fourth-order valence-electron chi connectivity index (χ4n) is 8.76. The maximum atomic E-state index is 13.9. The number of barbiturate groups is 1. The Bertz CT molecular complexity index is 1840. The molecule has 6 nitrogen and oxygen atoms in total. The van der Waals surface area contributed by atoms with Gasteiger partial charge in [0.05, 0.1) is 5.69 Å². The van der Waals surface area contributed by atoms with Gasteiger partial charge in [-0.25, -0.2) is 9.69 Å². The Labute approximate surface area is 270 Å². The lowest BCUT2D eigenvalue weighted by Gasteiger charge is -2.57. The number of carbonyl (C=O) groups is 3. The summed E-state index contributed by atoms with van der Waals surface area (Å²) >= 11 is 3.46. The van der Waals surface area contributed by atoms with Crippen LogP contribution in [0.1, 0.15) is 55.2 Å². The quantitative estimate of drug-likeness (QED) is 0.167. The van der Waals surface area contributed by atoms with Crippen molar-refractivity contribution >= 4 is 56.3 Å². The van der Waals surface area contributed by atoms with Gasteiger partial charge in [-0.05, 0) is 120 Å². The van der Waals surface area contributed by atoms with Gasteiger partial charge < -0.3 is 4.74 Å². The van der Waals surface area contributed by atoms with Crippen LogP contribution in [0.15, 0.2) is 95.0 Å². The first-order valence-electron chi connectivity index (χ1n) is 15.8. The van der Waals surface area contributed by atoms with E-state index in [4.69, 9.17) is 4.74 Å².